The van der Waals surface area contributed by atoms with E-state index < -0.39 is 31.3 Å². The van der Waals surface area contributed by atoms with Gasteiger partial charge in [0.2, 0.25) is 0 Å². The predicted octanol–water partition coefficient (Wildman–Crippen LogP) is 1.57. The molecule has 0 aliphatic rings. The molecule has 0 saturated carbocycles. The molecule has 2 N–H and O–H groups in total. The van der Waals surface area contributed by atoms with Crippen LogP contribution >= 0.6 is 0 Å². The van der Waals surface area contributed by atoms with Crippen molar-refractivity contribution in [1.82, 2.24) is 10.2 Å². The molecule has 2 rings (SSSR count). The molecule has 8 nitrogen and oxygen atoms in total. The number of H-pyrrole nitrogens is 1. The van der Waals surface area contributed by atoms with Crippen molar-refractivity contribution >= 4 is 21.5 Å². The van der Waals surface area contributed by atoms with Crippen LogP contribution in [0, 0.1) is 22.9 Å². The SMILES string of the molecule is Cc1cn[nH]c1NS(=O)(=O)c1ccc([N+](=O)[O-])cc1F. The molecule has 20 heavy (non-hydrogen) atoms. The fourth-order valence-electron chi connectivity index (χ4n) is 1.46. The fraction of sp³-hybridized carbons (Fsp3) is 0.100. The van der Waals surface area contributed by atoms with Crippen molar-refractivity contribution in [1.29, 1.82) is 0 Å². The van der Waals surface area contributed by atoms with E-state index in [1.54, 1.807) is 6.92 Å². The average molecular weight is 300 g/mol. The van der Waals surface area contributed by atoms with E-state index in [-0.39, 0.29) is 5.82 Å². The van der Waals surface area contributed by atoms with Crippen LogP contribution in [0.2, 0.25) is 0 Å². The summed E-state index contributed by atoms with van der Waals surface area (Å²) in [5.74, 6) is -1.10. The van der Waals surface area contributed by atoms with Crippen LogP contribution in [0.4, 0.5) is 15.9 Å². The van der Waals surface area contributed by atoms with Gasteiger partial charge in [-0.05, 0) is 13.0 Å². The number of aromatic nitrogens is 2. The predicted molar refractivity (Wildman–Crippen MR) is 67.2 cm³/mol. The van der Waals surface area contributed by atoms with Gasteiger partial charge in [0.15, 0.2) is 5.82 Å². The van der Waals surface area contributed by atoms with Crippen molar-refractivity contribution in [3.8, 4) is 0 Å². The number of nitrogens with zero attached hydrogens (tertiary/aromatic N) is 2. The number of nitro benzene ring substituents is 1. The molecule has 0 radical (unpaired) electrons. The highest BCUT2D eigenvalue weighted by Crippen LogP contribution is 2.23. The molecule has 0 aliphatic carbocycles. The van der Waals surface area contributed by atoms with Gasteiger partial charge in [-0.1, -0.05) is 0 Å². The fourth-order valence-corrected chi connectivity index (χ4v) is 2.61. The second-order valence-corrected chi connectivity index (χ2v) is 5.56. The van der Waals surface area contributed by atoms with E-state index in [2.05, 4.69) is 14.9 Å². The van der Waals surface area contributed by atoms with Gasteiger partial charge in [-0.3, -0.25) is 19.9 Å². The number of rotatable bonds is 4. The molecule has 0 aliphatic heterocycles. The molecular weight excluding hydrogens is 291 g/mol. The summed E-state index contributed by atoms with van der Waals surface area (Å²) in [6, 6.07) is 2.30. The highest BCUT2D eigenvalue weighted by molar-refractivity contribution is 7.92. The third-order valence-electron chi connectivity index (χ3n) is 2.48. The molecule has 0 atom stereocenters. The standard InChI is InChI=1S/C10H9FN4O4S/c1-6-5-12-13-10(6)14-20(18,19)9-3-2-7(15(16)17)4-8(9)11/h2-5H,1H3,(H2,12,13,14). The Morgan fingerprint density at radius 1 is 1.45 bits per heavy atom. The third kappa shape index (κ3) is 2.59. The van der Waals surface area contributed by atoms with Crippen LogP contribution < -0.4 is 4.72 Å². The zero-order valence-corrected chi connectivity index (χ0v) is 10.9. The topological polar surface area (TPSA) is 118 Å². The monoisotopic (exact) mass is 300 g/mol. The maximum Gasteiger partial charge on any atom is 0.272 e. The van der Waals surface area contributed by atoms with Gasteiger partial charge in [-0.15, -0.1) is 0 Å². The molecule has 10 heteroatoms. The zero-order chi connectivity index (χ0) is 14.9. The maximum atomic E-state index is 13.7. The van der Waals surface area contributed by atoms with Gasteiger partial charge >= 0.3 is 0 Å². The quantitative estimate of drug-likeness (QED) is 0.656. The normalized spacial score (nSPS) is 11.3. The number of hydrogen-bond acceptors (Lipinski definition) is 5. The minimum Gasteiger partial charge on any atom is -0.263 e. The minimum absolute atomic E-state index is 0.0998. The summed E-state index contributed by atoms with van der Waals surface area (Å²) in [7, 11) is -4.20. The highest BCUT2D eigenvalue weighted by Gasteiger charge is 2.22. The summed E-state index contributed by atoms with van der Waals surface area (Å²) >= 11 is 0. The number of halogens is 1. The lowest BCUT2D eigenvalue weighted by molar-refractivity contribution is -0.385. The Labute approximate surface area is 112 Å². The van der Waals surface area contributed by atoms with Gasteiger partial charge < -0.3 is 0 Å². The van der Waals surface area contributed by atoms with E-state index in [1.165, 1.54) is 6.20 Å². The van der Waals surface area contributed by atoms with Crippen molar-refractivity contribution in [3.63, 3.8) is 0 Å². The van der Waals surface area contributed by atoms with Crippen LogP contribution in [0.15, 0.2) is 29.3 Å². The Hall–Kier alpha value is -2.49. The molecule has 0 saturated heterocycles. The third-order valence-corrected chi connectivity index (χ3v) is 3.86. The van der Waals surface area contributed by atoms with Gasteiger partial charge in [0.25, 0.3) is 15.7 Å². The van der Waals surface area contributed by atoms with Crippen LogP contribution in [-0.4, -0.2) is 23.5 Å². The van der Waals surface area contributed by atoms with Gasteiger partial charge in [0.05, 0.1) is 17.2 Å². The number of hydrogen-bond donors (Lipinski definition) is 2. The van der Waals surface area contributed by atoms with Crippen molar-refractivity contribution in [2.45, 2.75) is 11.8 Å². The van der Waals surface area contributed by atoms with E-state index in [1.807, 2.05) is 0 Å². The number of nitrogens with one attached hydrogen (secondary N) is 2. The van der Waals surface area contributed by atoms with Crippen LogP contribution in [0.3, 0.4) is 0 Å². The smallest absolute Gasteiger partial charge is 0.263 e. The van der Waals surface area contributed by atoms with Gasteiger partial charge in [0.1, 0.15) is 10.7 Å². The summed E-state index contributed by atoms with van der Waals surface area (Å²) in [5, 5.41) is 16.5. The number of aryl methyl sites for hydroxylation is 1. The maximum absolute atomic E-state index is 13.7. The van der Waals surface area contributed by atoms with E-state index in [4.69, 9.17) is 0 Å². The Morgan fingerprint density at radius 2 is 2.15 bits per heavy atom. The largest absolute Gasteiger partial charge is 0.272 e. The molecule has 1 aromatic carbocycles. The van der Waals surface area contributed by atoms with Gasteiger partial charge in [-0.2, -0.15) is 5.10 Å². The van der Waals surface area contributed by atoms with Crippen LogP contribution in [0.25, 0.3) is 0 Å². The minimum atomic E-state index is -4.20. The number of aromatic amines is 1. The first kappa shape index (κ1) is 13.9. The second-order valence-electron chi connectivity index (χ2n) is 3.91. The molecule has 1 aromatic heterocycles. The van der Waals surface area contributed by atoms with E-state index in [9.17, 15) is 22.9 Å². The molecule has 1 heterocycles. The van der Waals surface area contributed by atoms with E-state index >= 15 is 0 Å². The first-order valence-corrected chi connectivity index (χ1v) is 6.76. The van der Waals surface area contributed by atoms with Crippen LogP contribution in [0.5, 0.6) is 0 Å². The second kappa shape index (κ2) is 4.89. The van der Waals surface area contributed by atoms with Gasteiger partial charge in [-0.25, -0.2) is 12.8 Å². The van der Waals surface area contributed by atoms with Crippen molar-refractivity contribution < 1.29 is 17.7 Å². The number of nitro groups is 1. The summed E-state index contributed by atoms with van der Waals surface area (Å²) in [6.45, 7) is 1.60. The number of anilines is 1. The lowest BCUT2D eigenvalue weighted by atomic mass is 10.3. The Morgan fingerprint density at radius 3 is 2.65 bits per heavy atom. The summed E-state index contributed by atoms with van der Waals surface area (Å²) in [4.78, 5) is 8.98. The molecule has 106 valence electrons. The lowest BCUT2D eigenvalue weighted by Crippen LogP contribution is -2.15. The average Bonchev–Trinajstić information content (AvgIpc) is 2.73. The summed E-state index contributed by atoms with van der Waals surface area (Å²) < 4.78 is 39.8. The zero-order valence-electron chi connectivity index (χ0n) is 10.1. The molecule has 0 amide bonds. The highest BCUT2D eigenvalue weighted by atomic mass is 32.2. The molecule has 0 unspecified atom stereocenters. The van der Waals surface area contributed by atoms with Crippen molar-refractivity contribution in [3.05, 3.63) is 45.9 Å². The Balaban J connectivity index is 2.40. The molecule has 0 fully saturated rings. The number of non-ortho nitro benzene ring substituents is 1. The lowest BCUT2D eigenvalue weighted by Gasteiger charge is -2.07. The van der Waals surface area contributed by atoms with Gasteiger partial charge in [0, 0.05) is 11.6 Å². The molecular formula is C10H9FN4O4S. The molecule has 2 aromatic rings. The number of sulfonamides is 1. The van der Waals surface area contributed by atoms with E-state index in [0.717, 1.165) is 12.1 Å². The van der Waals surface area contributed by atoms with Crippen molar-refractivity contribution in [2.24, 2.45) is 0 Å². The summed E-state index contributed by atoms with van der Waals surface area (Å²) in [6.07, 6.45) is 1.39. The number of benzene rings is 1. The molecule has 0 bridgehead atoms. The Bertz CT molecular complexity index is 771. The first-order chi connectivity index (χ1) is 9.31. The molecule has 0 spiro atoms. The summed E-state index contributed by atoms with van der Waals surface area (Å²) in [5.41, 5.74) is -0.00457. The van der Waals surface area contributed by atoms with Crippen molar-refractivity contribution in [2.75, 3.05) is 4.72 Å². The van der Waals surface area contributed by atoms with E-state index in [0.29, 0.717) is 11.6 Å². The van der Waals surface area contributed by atoms with Crippen LogP contribution in [0.1, 0.15) is 5.56 Å². The Kier molecular flexibility index (Phi) is 3.40. The first-order valence-electron chi connectivity index (χ1n) is 5.28. The van der Waals surface area contributed by atoms with Crippen LogP contribution in [-0.2, 0) is 10.0 Å².